The molecule has 118 valence electrons. The molecule has 0 saturated carbocycles. The highest BCUT2D eigenvalue weighted by Gasteiger charge is 2.42. The molecule has 0 aliphatic carbocycles. The monoisotopic (exact) mass is 325 g/mol. The lowest BCUT2D eigenvalue weighted by atomic mass is 9.91. The molecule has 2 atom stereocenters. The molecule has 0 bridgehead atoms. The molecule has 22 heavy (non-hydrogen) atoms. The number of rotatable bonds is 3. The van der Waals surface area contributed by atoms with Crippen molar-refractivity contribution in [1.29, 1.82) is 0 Å². The molecule has 1 aromatic heterocycles. The van der Waals surface area contributed by atoms with Crippen LogP contribution in [0, 0.1) is 5.92 Å². The first-order valence-electron chi connectivity index (χ1n) is 6.70. The van der Waals surface area contributed by atoms with Crippen LogP contribution >= 0.6 is 11.6 Å². The summed E-state index contributed by atoms with van der Waals surface area (Å²) >= 11 is 5.75. The van der Waals surface area contributed by atoms with Crippen molar-refractivity contribution in [2.45, 2.75) is 6.04 Å². The summed E-state index contributed by atoms with van der Waals surface area (Å²) in [7, 11) is 0. The smallest absolute Gasteiger partial charge is 0.328 e. The Balaban J connectivity index is 0.000000192. The third-order valence-corrected chi connectivity index (χ3v) is 3.77. The van der Waals surface area contributed by atoms with Crippen LogP contribution in [0.1, 0.15) is 0 Å². The van der Waals surface area contributed by atoms with Gasteiger partial charge in [0.15, 0.2) is 0 Å². The maximum absolute atomic E-state index is 9.55. The fourth-order valence-electron chi connectivity index (χ4n) is 2.50. The standard InChI is InChI=1S/C10H12ClN3.C4H4O4/c11-10-2-1-8(4-13-10)14-6-7-3-12-5-9(7)14;5-3(6)1-2-4(7)8/h1-2,4,7,9,12H,3,5-6H2;1-2H,(H,5,6)(H,7,8)/t7-,9-;/m1./s1. The van der Waals surface area contributed by atoms with E-state index in [0.717, 1.165) is 19.0 Å². The predicted octanol–water partition coefficient (Wildman–Crippen LogP) is 0.855. The number of halogens is 1. The second kappa shape index (κ2) is 7.24. The van der Waals surface area contributed by atoms with E-state index in [1.165, 1.54) is 12.2 Å². The van der Waals surface area contributed by atoms with Gasteiger partial charge in [-0.2, -0.15) is 0 Å². The average Bonchev–Trinajstić information content (AvgIpc) is 2.81. The van der Waals surface area contributed by atoms with Gasteiger partial charge in [0.1, 0.15) is 5.15 Å². The maximum atomic E-state index is 9.55. The zero-order valence-electron chi connectivity index (χ0n) is 11.6. The lowest BCUT2D eigenvalue weighted by molar-refractivity contribution is -0.134. The van der Waals surface area contributed by atoms with Crippen molar-refractivity contribution in [1.82, 2.24) is 10.3 Å². The Hall–Kier alpha value is -2.12. The number of fused-ring (bicyclic) bond motifs is 1. The molecule has 1 aromatic rings. The quantitative estimate of drug-likeness (QED) is 0.559. The van der Waals surface area contributed by atoms with Gasteiger partial charge in [0, 0.05) is 43.7 Å². The van der Waals surface area contributed by atoms with E-state index in [2.05, 4.69) is 15.2 Å². The molecule has 3 N–H and O–H groups in total. The molecule has 0 amide bonds. The molecule has 0 spiro atoms. The highest BCUT2D eigenvalue weighted by atomic mass is 35.5. The topological polar surface area (TPSA) is 103 Å². The lowest BCUT2D eigenvalue weighted by Crippen LogP contribution is -2.55. The summed E-state index contributed by atoms with van der Waals surface area (Å²) in [5, 5.41) is 19.6. The Morgan fingerprint density at radius 1 is 1.27 bits per heavy atom. The number of hydrogen-bond acceptors (Lipinski definition) is 5. The van der Waals surface area contributed by atoms with E-state index in [1.54, 1.807) is 0 Å². The average molecular weight is 326 g/mol. The van der Waals surface area contributed by atoms with Crippen LogP contribution in [0.15, 0.2) is 30.5 Å². The zero-order chi connectivity index (χ0) is 16.1. The van der Waals surface area contributed by atoms with Gasteiger partial charge in [-0.05, 0) is 12.1 Å². The third kappa shape index (κ3) is 4.19. The van der Waals surface area contributed by atoms with Crippen molar-refractivity contribution >= 4 is 29.2 Å². The van der Waals surface area contributed by atoms with E-state index in [1.807, 2.05) is 18.3 Å². The summed E-state index contributed by atoms with van der Waals surface area (Å²) in [4.78, 5) is 25.6. The van der Waals surface area contributed by atoms with Gasteiger partial charge in [-0.15, -0.1) is 0 Å². The second-order valence-electron chi connectivity index (χ2n) is 4.99. The van der Waals surface area contributed by atoms with Crippen LogP contribution in [0.25, 0.3) is 0 Å². The normalized spacial score (nSPS) is 22.5. The molecule has 3 rings (SSSR count). The first-order chi connectivity index (χ1) is 10.5. The molecule has 0 unspecified atom stereocenters. The Kier molecular flexibility index (Phi) is 5.35. The number of pyridine rings is 1. The molecule has 0 radical (unpaired) electrons. The molecule has 2 fully saturated rings. The molecule has 2 aliphatic heterocycles. The van der Waals surface area contributed by atoms with Crippen molar-refractivity contribution < 1.29 is 19.8 Å². The van der Waals surface area contributed by atoms with Crippen molar-refractivity contribution in [3.05, 3.63) is 35.6 Å². The fourth-order valence-corrected chi connectivity index (χ4v) is 2.61. The summed E-state index contributed by atoms with van der Waals surface area (Å²) < 4.78 is 0. The Morgan fingerprint density at radius 3 is 2.45 bits per heavy atom. The number of carbonyl (C=O) groups is 2. The fraction of sp³-hybridized carbons (Fsp3) is 0.357. The van der Waals surface area contributed by atoms with Gasteiger partial charge in [-0.1, -0.05) is 11.6 Å². The number of aliphatic carboxylic acids is 2. The highest BCUT2D eigenvalue weighted by molar-refractivity contribution is 6.29. The van der Waals surface area contributed by atoms with Gasteiger partial charge in [0.05, 0.1) is 11.9 Å². The van der Waals surface area contributed by atoms with Crippen LogP contribution in [0.4, 0.5) is 5.69 Å². The molecule has 7 nitrogen and oxygen atoms in total. The molecule has 2 saturated heterocycles. The number of carboxylic acid groups (broad SMARTS) is 2. The van der Waals surface area contributed by atoms with Gasteiger partial charge in [-0.25, -0.2) is 14.6 Å². The van der Waals surface area contributed by atoms with E-state index in [0.29, 0.717) is 23.3 Å². The second-order valence-corrected chi connectivity index (χ2v) is 5.37. The van der Waals surface area contributed by atoms with Crippen molar-refractivity contribution in [2.24, 2.45) is 5.92 Å². The van der Waals surface area contributed by atoms with Gasteiger partial charge >= 0.3 is 11.9 Å². The minimum Gasteiger partial charge on any atom is -0.478 e. The number of carboxylic acids is 2. The summed E-state index contributed by atoms with van der Waals surface area (Å²) in [6.07, 6.45) is 2.97. The van der Waals surface area contributed by atoms with Crippen molar-refractivity contribution in [2.75, 3.05) is 24.5 Å². The summed E-state index contributed by atoms with van der Waals surface area (Å²) in [5.41, 5.74) is 1.19. The largest absolute Gasteiger partial charge is 0.478 e. The van der Waals surface area contributed by atoms with Crippen molar-refractivity contribution in [3.63, 3.8) is 0 Å². The van der Waals surface area contributed by atoms with E-state index in [4.69, 9.17) is 21.8 Å². The lowest BCUT2D eigenvalue weighted by Gasteiger charge is -2.45. The maximum Gasteiger partial charge on any atom is 0.328 e. The molecular weight excluding hydrogens is 310 g/mol. The minimum absolute atomic E-state index is 0.558. The van der Waals surface area contributed by atoms with Crippen LogP contribution in [0.3, 0.4) is 0 Å². The van der Waals surface area contributed by atoms with Crippen LogP contribution in [0.5, 0.6) is 0 Å². The zero-order valence-corrected chi connectivity index (χ0v) is 12.4. The van der Waals surface area contributed by atoms with Crippen LogP contribution < -0.4 is 10.2 Å². The number of anilines is 1. The summed E-state index contributed by atoms with van der Waals surface area (Å²) in [6.45, 7) is 3.43. The minimum atomic E-state index is -1.26. The first kappa shape index (κ1) is 16.3. The van der Waals surface area contributed by atoms with E-state index in [-0.39, 0.29) is 0 Å². The SMILES string of the molecule is Clc1ccc(N2C[C@H]3CNC[C@H]32)cn1.O=C(O)C=CC(=O)O. The third-order valence-electron chi connectivity index (χ3n) is 3.55. The van der Waals surface area contributed by atoms with Gasteiger partial charge in [-0.3, -0.25) is 0 Å². The number of hydrogen-bond donors (Lipinski definition) is 3. The van der Waals surface area contributed by atoms with Crippen LogP contribution in [-0.4, -0.2) is 52.8 Å². The highest BCUT2D eigenvalue weighted by Crippen LogP contribution is 2.32. The molecule has 2 aliphatic rings. The molecule has 0 aromatic carbocycles. The van der Waals surface area contributed by atoms with E-state index in [9.17, 15) is 9.59 Å². The Labute approximate surface area is 132 Å². The molecular formula is C14H16ClN3O4. The number of aromatic nitrogens is 1. The van der Waals surface area contributed by atoms with Crippen LogP contribution in [0.2, 0.25) is 5.15 Å². The molecule has 8 heteroatoms. The van der Waals surface area contributed by atoms with E-state index < -0.39 is 11.9 Å². The van der Waals surface area contributed by atoms with Crippen molar-refractivity contribution in [3.8, 4) is 0 Å². The molecule has 3 heterocycles. The number of nitrogens with one attached hydrogen (secondary N) is 1. The summed E-state index contributed by atoms with van der Waals surface area (Å²) in [5.74, 6) is -1.68. The van der Waals surface area contributed by atoms with E-state index >= 15 is 0 Å². The number of nitrogens with zero attached hydrogens (tertiary/aromatic N) is 2. The Morgan fingerprint density at radius 2 is 1.95 bits per heavy atom. The predicted molar refractivity (Wildman–Crippen MR) is 81.2 cm³/mol. The first-order valence-corrected chi connectivity index (χ1v) is 7.08. The van der Waals surface area contributed by atoms with Gasteiger partial charge in [0.25, 0.3) is 0 Å². The van der Waals surface area contributed by atoms with Gasteiger partial charge in [0.2, 0.25) is 0 Å². The summed E-state index contributed by atoms with van der Waals surface area (Å²) in [6, 6.07) is 4.58. The Bertz CT molecular complexity index is 560. The van der Waals surface area contributed by atoms with Crippen LogP contribution in [-0.2, 0) is 9.59 Å². The van der Waals surface area contributed by atoms with Gasteiger partial charge < -0.3 is 20.4 Å².